The van der Waals surface area contributed by atoms with Crippen LogP contribution in [0.2, 0.25) is 0 Å². The van der Waals surface area contributed by atoms with Gasteiger partial charge in [-0.05, 0) is 12.1 Å². The Morgan fingerprint density at radius 2 is 0.734 bits per heavy atom. The molecule has 14 aromatic rings. The second-order valence-corrected chi connectivity index (χ2v) is 19.2. The molecule has 0 atom stereocenters. The fraction of sp³-hybridized carbons (Fsp3) is 0. The quantitative estimate of drug-likeness (QED) is 0.153. The maximum atomic E-state index is 2.54. The van der Waals surface area contributed by atoms with Gasteiger partial charge in [-0.15, -0.1) is 0 Å². The summed E-state index contributed by atoms with van der Waals surface area (Å²) < 4.78 is 10.3. The van der Waals surface area contributed by atoms with Gasteiger partial charge in [-0.1, -0.05) is 36.4 Å². The van der Waals surface area contributed by atoms with E-state index in [1.54, 1.807) is 0 Å². The van der Waals surface area contributed by atoms with Crippen molar-refractivity contribution in [3.8, 4) is 39.3 Å². The topological polar surface area (TPSA) is 14.8 Å². The zero-order chi connectivity index (χ0) is 41.9. The first-order valence-corrected chi connectivity index (χ1v) is 23.6. The Labute approximate surface area is 374 Å². The van der Waals surface area contributed by atoms with Crippen molar-refractivity contribution in [2.24, 2.45) is 0 Å². The van der Waals surface area contributed by atoms with Gasteiger partial charge in [-0.25, -0.2) is 0 Å². The third-order valence-electron chi connectivity index (χ3n) is 13.4. The van der Waals surface area contributed by atoms with Gasteiger partial charge in [0.15, 0.2) is 0 Å². The van der Waals surface area contributed by atoms with E-state index in [9.17, 15) is 0 Å². The van der Waals surface area contributed by atoms with E-state index in [0.29, 0.717) is 0 Å². The van der Waals surface area contributed by atoms with Crippen LogP contribution < -0.4 is 0 Å². The predicted molar refractivity (Wildman–Crippen MR) is 272 cm³/mol. The van der Waals surface area contributed by atoms with Crippen LogP contribution >= 0.6 is 0 Å². The molecule has 0 bridgehead atoms. The molecule has 0 aliphatic heterocycles. The number of benzene rings is 10. The molecule has 4 aromatic heterocycles. The number of hydrogen-bond acceptors (Lipinski definition) is 0. The molecule has 0 unspecified atom stereocenters. The molecule has 64 heavy (non-hydrogen) atoms. The van der Waals surface area contributed by atoms with Crippen molar-refractivity contribution in [1.29, 1.82) is 0 Å². The maximum absolute atomic E-state index is 2.54. The van der Waals surface area contributed by atoms with Crippen LogP contribution in [0.4, 0.5) is 0 Å². The van der Waals surface area contributed by atoms with Crippen LogP contribution in [-0.4, -0.2) is 28.2 Å². The van der Waals surface area contributed by atoms with Crippen LogP contribution in [0.15, 0.2) is 224 Å². The summed E-state index contributed by atoms with van der Waals surface area (Å²) in [5.74, 6) is 0. The SMILES string of the molecule is c1ccc(-c2ccc(-c3ccc4[se]c5cccc(-n6c7ccccc7c7ccc(-n8c9ccccc9c9cc(-n%10c%11ccccc%11c%11ccccc%11%10)ccc98)cc76)c5c4c3)cc2)cc1. The molecule has 4 heteroatoms. The molecule has 0 spiro atoms. The van der Waals surface area contributed by atoms with Gasteiger partial charge in [0.2, 0.25) is 0 Å². The molecule has 0 aliphatic rings. The van der Waals surface area contributed by atoms with E-state index < -0.39 is 0 Å². The fourth-order valence-electron chi connectivity index (χ4n) is 10.6. The molecule has 0 saturated carbocycles. The van der Waals surface area contributed by atoms with Gasteiger partial charge < -0.3 is 4.57 Å². The van der Waals surface area contributed by atoms with Gasteiger partial charge in [0, 0.05) is 10.8 Å². The minimum atomic E-state index is 0.210. The molecule has 0 amide bonds. The summed E-state index contributed by atoms with van der Waals surface area (Å²) in [5, 5.41) is 10.2. The van der Waals surface area contributed by atoms with Crippen LogP contribution in [-0.2, 0) is 0 Å². The second kappa shape index (κ2) is 13.8. The third-order valence-corrected chi connectivity index (χ3v) is 15.8. The van der Waals surface area contributed by atoms with Crippen LogP contribution in [0, 0.1) is 0 Å². The number of aromatic nitrogens is 3. The molecule has 0 N–H and O–H groups in total. The summed E-state index contributed by atoms with van der Waals surface area (Å²) in [6, 6.07) is 83.1. The summed E-state index contributed by atoms with van der Waals surface area (Å²) >= 11 is 0.210. The molecule has 14 rings (SSSR count). The van der Waals surface area contributed by atoms with Crippen LogP contribution in [0.25, 0.3) is 124 Å². The Balaban J connectivity index is 0.965. The van der Waals surface area contributed by atoms with E-state index >= 15 is 0 Å². The van der Waals surface area contributed by atoms with Crippen molar-refractivity contribution in [3.05, 3.63) is 224 Å². The van der Waals surface area contributed by atoms with Gasteiger partial charge in [-0.2, -0.15) is 0 Å². The standard InChI is InChI=1S/C60H37N3Se/c1-2-13-38(14-3-1)39-25-27-40(28-26-39)41-29-34-58-50(35-41)60-56(23-12-24-59(60)64-58)63-54-22-11-6-17-46(54)48-32-30-43(37-57(48)63)62-53-21-10-7-18-47(53)49-36-42(31-33-55(49)62)61-51-19-8-4-15-44(51)45-16-5-9-20-52(45)61/h1-37H. The Hall–Kier alpha value is -7.88. The van der Waals surface area contributed by atoms with E-state index in [4.69, 9.17) is 0 Å². The van der Waals surface area contributed by atoms with Gasteiger partial charge in [0.25, 0.3) is 0 Å². The Morgan fingerprint density at radius 1 is 0.250 bits per heavy atom. The average molecular weight is 879 g/mol. The van der Waals surface area contributed by atoms with Crippen LogP contribution in [0.1, 0.15) is 0 Å². The summed E-state index contributed by atoms with van der Waals surface area (Å²) in [4.78, 5) is 0. The van der Waals surface area contributed by atoms with Crippen molar-refractivity contribution in [3.63, 3.8) is 0 Å². The molecule has 4 heterocycles. The summed E-state index contributed by atoms with van der Waals surface area (Å²) in [6.45, 7) is 0. The van der Waals surface area contributed by atoms with Crippen molar-refractivity contribution in [1.82, 2.24) is 13.7 Å². The molecule has 0 aliphatic carbocycles. The molecule has 10 aromatic carbocycles. The molecule has 298 valence electrons. The van der Waals surface area contributed by atoms with Crippen LogP contribution in [0.5, 0.6) is 0 Å². The summed E-state index contributed by atoms with van der Waals surface area (Å²) in [7, 11) is 0. The summed E-state index contributed by atoms with van der Waals surface area (Å²) in [6.07, 6.45) is 0. The normalized spacial score (nSPS) is 12.1. The van der Waals surface area contributed by atoms with E-state index in [0.717, 1.165) is 11.4 Å². The van der Waals surface area contributed by atoms with Gasteiger partial charge >= 0.3 is 302 Å². The average Bonchev–Trinajstić information content (AvgIpc) is 4.10. The molecule has 0 fully saturated rings. The Kier molecular flexibility index (Phi) is 7.70. The monoisotopic (exact) mass is 879 g/mol. The minimum absolute atomic E-state index is 0.210. The first-order chi connectivity index (χ1) is 31.7. The predicted octanol–water partition coefficient (Wildman–Crippen LogP) is 15.7. The van der Waals surface area contributed by atoms with Gasteiger partial charge in [0.05, 0.1) is 11.0 Å². The Morgan fingerprint density at radius 3 is 1.39 bits per heavy atom. The second-order valence-electron chi connectivity index (χ2n) is 16.9. The first kappa shape index (κ1) is 35.7. The van der Waals surface area contributed by atoms with Crippen molar-refractivity contribution in [2.45, 2.75) is 0 Å². The van der Waals surface area contributed by atoms with Crippen molar-refractivity contribution in [2.75, 3.05) is 0 Å². The van der Waals surface area contributed by atoms with Gasteiger partial charge in [-0.3, -0.25) is 0 Å². The zero-order valence-electron chi connectivity index (χ0n) is 34.6. The number of rotatable bonds is 5. The number of para-hydroxylation sites is 4. The fourth-order valence-corrected chi connectivity index (χ4v) is 12.9. The zero-order valence-corrected chi connectivity index (χ0v) is 36.3. The van der Waals surface area contributed by atoms with E-state index in [1.165, 1.54) is 113 Å². The third kappa shape index (κ3) is 5.22. The first-order valence-electron chi connectivity index (χ1n) is 21.9. The molecule has 0 radical (unpaired) electrons. The molecular weight excluding hydrogens is 842 g/mol. The molecule has 0 saturated heterocycles. The van der Waals surface area contributed by atoms with E-state index in [2.05, 4.69) is 238 Å². The number of nitrogens with zero attached hydrogens (tertiary/aromatic N) is 3. The van der Waals surface area contributed by atoms with E-state index in [-0.39, 0.29) is 14.5 Å². The molecule has 3 nitrogen and oxygen atoms in total. The molecular formula is C60H37N3Se. The summed E-state index contributed by atoms with van der Waals surface area (Å²) in [5.41, 5.74) is 15.7. The number of hydrogen-bond donors (Lipinski definition) is 0. The van der Waals surface area contributed by atoms with Crippen molar-refractivity contribution >= 4 is 99.2 Å². The van der Waals surface area contributed by atoms with Crippen LogP contribution in [0.3, 0.4) is 0 Å². The Bertz CT molecular complexity index is 4130. The van der Waals surface area contributed by atoms with Gasteiger partial charge in [0.1, 0.15) is 0 Å². The van der Waals surface area contributed by atoms with Crippen molar-refractivity contribution < 1.29 is 0 Å². The number of fused-ring (bicyclic) bond motifs is 12. The van der Waals surface area contributed by atoms with E-state index in [1.807, 2.05) is 0 Å².